The lowest BCUT2D eigenvalue weighted by Crippen LogP contribution is -2.05. The van der Waals surface area contributed by atoms with E-state index in [1.807, 2.05) is 0 Å². The van der Waals surface area contributed by atoms with Gasteiger partial charge in [-0.2, -0.15) is 0 Å². The molecular formula is C35H75NO2. The Morgan fingerprint density at radius 1 is 0.447 bits per heavy atom. The molecule has 0 amide bonds. The summed E-state index contributed by atoms with van der Waals surface area (Å²) in [6.45, 7) is 14.1. The van der Waals surface area contributed by atoms with E-state index in [2.05, 4.69) is 41.5 Å². The molecule has 0 aromatic heterocycles. The first-order valence-corrected chi connectivity index (χ1v) is 17.1. The molecule has 0 spiro atoms. The molecule has 0 saturated heterocycles. The van der Waals surface area contributed by atoms with Crippen LogP contribution in [0.2, 0.25) is 0 Å². The Morgan fingerprint density at radius 3 is 1.00 bits per heavy atom. The predicted octanol–water partition coefficient (Wildman–Crippen LogP) is 12.8. The Labute approximate surface area is 242 Å². The first kappa shape index (κ1) is 41.9. The molecule has 0 fully saturated rings. The zero-order valence-corrected chi connectivity index (χ0v) is 27.6. The van der Waals surface area contributed by atoms with Crippen LogP contribution in [0.3, 0.4) is 0 Å². The highest BCUT2D eigenvalue weighted by Crippen LogP contribution is 2.14. The van der Waals surface area contributed by atoms with E-state index in [1.165, 1.54) is 141 Å². The van der Waals surface area contributed by atoms with E-state index < -0.39 is 0 Å². The van der Waals surface area contributed by atoms with Gasteiger partial charge in [0.15, 0.2) is 0 Å². The van der Waals surface area contributed by atoms with Gasteiger partial charge in [-0.25, -0.2) is 0 Å². The summed E-state index contributed by atoms with van der Waals surface area (Å²) in [7, 11) is 0. The maximum atomic E-state index is 11.8. The number of carbonyl (C=O) groups excluding carboxylic acids is 1. The zero-order chi connectivity index (χ0) is 27.8. The highest BCUT2D eigenvalue weighted by atomic mass is 16.5. The summed E-state index contributed by atoms with van der Waals surface area (Å²) in [6.07, 6.45) is 32.8. The molecule has 0 saturated carbocycles. The monoisotopic (exact) mass is 542 g/mol. The second-order valence-electron chi connectivity index (χ2n) is 12.2. The van der Waals surface area contributed by atoms with Crippen LogP contribution >= 0.6 is 0 Å². The van der Waals surface area contributed by atoms with Crippen molar-refractivity contribution in [2.75, 3.05) is 6.61 Å². The highest BCUT2D eigenvalue weighted by Gasteiger charge is 2.02. The quantitative estimate of drug-likeness (QED) is 0.0830. The molecule has 38 heavy (non-hydrogen) atoms. The SMILES string of the molecule is CC(C)C(C)C.CCCCCCCCCCCCCCCCCC(=O)OCCCCCCCCCCC.N. The summed E-state index contributed by atoms with van der Waals surface area (Å²) in [6, 6.07) is 0. The average Bonchev–Trinajstić information content (AvgIpc) is 2.87. The Balaban J connectivity index is -0.00000155. The Bertz CT molecular complexity index is 416. The van der Waals surface area contributed by atoms with E-state index >= 15 is 0 Å². The van der Waals surface area contributed by atoms with Crippen molar-refractivity contribution in [3.8, 4) is 0 Å². The fourth-order valence-corrected chi connectivity index (χ4v) is 4.31. The van der Waals surface area contributed by atoms with Crippen LogP contribution in [0.4, 0.5) is 0 Å². The molecule has 0 unspecified atom stereocenters. The van der Waals surface area contributed by atoms with Crippen molar-refractivity contribution in [3.63, 3.8) is 0 Å². The van der Waals surface area contributed by atoms with E-state index in [-0.39, 0.29) is 12.1 Å². The summed E-state index contributed by atoms with van der Waals surface area (Å²) >= 11 is 0. The molecule has 3 heteroatoms. The Morgan fingerprint density at radius 2 is 0.711 bits per heavy atom. The lowest BCUT2D eigenvalue weighted by Gasteiger charge is -2.06. The number of esters is 1. The van der Waals surface area contributed by atoms with Crippen molar-refractivity contribution in [1.29, 1.82) is 0 Å². The van der Waals surface area contributed by atoms with E-state index in [9.17, 15) is 4.79 Å². The Hall–Kier alpha value is -0.570. The van der Waals surface area contributed by atoms with Crippen LogP contribution in [0.15, 0.2) is 0 Å². The minimum absolute atomic E-state index is 0. The summed E-state index contributed by atoms with van der Waals surface area (Å²) in [5.41, 5.74) is 0. The molecule has 0 heterocycles. The minimum atomic E-state index is 0. The average molecular weight is 542 g/mol. The van der Waals surface area contributed by atoms with Crippen LogP contribution in [0.5, 0.6) is 0 Å². The van der Waals surface area contributed by atoms with Gasteiger partial charge < -0.3 is 10.9 Å². The lowest BCUT2D eigenvalue weighted by molar-refractivity contribution is -0.143. The molecule has 0 aromatic carbocycles. The molecular weight excluding hydrogens is 466 g/mol. The molecule has 3 N–H and O–H groups in total. The van der Waals surface area contributed by atoms with Crippen LogP contribution in [0.1, 0.15) is 202 Å². The van der Waals surface area contributed by atoms with Crippen molar-refractivity contribution < 1.29 is 9.53 Å². The summed E-state index contributed by atoms with van der Waals surface area (Å²) in [4.78, 5) is 11.8. The number of ether oxygens (including phenoxy) is 1. The molecule has 232 valence electrons. The van der Waals surface area contributed by atoms with Crippen LogP contribution in [-0.2, 0) is 9.53 Å². The van der Waals surface area contributed by atoms with Gasteiger partial charge in [0.05, 0.1) is 6.61 Å². The van der Waals surface area contributed by atoms with Crippen molar-refractivity contribution >= 4 is 5.97 Å². The number of carbonyl (C=O) groups is 1. The summed E-state index contributed by atoms with van der Waals surface area (Å²) in [5.74, 6) is 1.73. The topological polar surface area (TPSA) is 61.3 Å². The summed E-state index contributed by atoms with van der Waals surface area (Å²) < 4.78 is 5.38. The fraction of sp³-hybridized carbons (Fsp3) is 0.971. The highest BCUT2D eigenvalue weighted by molar-refractivity contribution is 5.69. The van der Waals surface area contributed by atoms with Crippen molar-refractivity contribution in [2.24, 2.45) is 11.8 Å². The van der Waals surface area contributed by atoms with Gasteiger partial charge in [0, 0.05) is 6.42 Å². The Kier molecular flexibility index (Phi) is 40.2. The smallest absolute Gasteiger partial charge is 0.305 e. The molecule has 0 bridgehead atoms. The summed E-state index contributed by atoms with van der Waals surface area (Å²) in [5, 5.41) is 0. The van der Waals surface area contributed by atoms with E-state index in [0.717, 1.165) is 24.7 Å². The van der Waals surface area contributed by atoms with Crippen molar-refractivity contribution in [3.05, 3.63) is 0 Å². The van der Waals surface area contributed by atoms with Crippen LogP contribution < -0.4 is 6.15 Å². The molecule has 0 aromatic rings. The number of rotatable bonds is 27. The zero-order valence-electron chi connectivity index (χ0n) is 27.6. The minimum Gasteiger partial charge on any atom is -0.466 e. The lowest BCUT2D eigenvalue weighted by atomic mass is 10.0. The van der Waals surface area contributed by atoms with Crippen molar-refractivity contribution in [2.45, 2.75) is 202 Å². The van der Waals surface area contributed by atoms with Gasteiger partial charge in [0.25, 0.3) is 0 Å². The van der Waals surface area contributed by atoms with Crippen LogP contribution in [0.25, 0.3) is 0 Å². The maximum absolute atomic E-state index is 11.8. The second kappa shape index (κ2) is 36.4. The predicted molar refractivity (Wildman–Crippen MR) is 172 cm³/mol. The van der Waals surface area contributed by atoms with Crippen molar-refractivity contribution in [1.82, 2.24) is 6.15 Å². The standard InChI is InChI=1S/C29H58O2.C6H14.H3N/c1-3-5-7-9-11-13-14-15-16-17-18-19-21-23-25-27-29(30)31-28-26-24-22-20-12-10-8-6-4-2;1-5(2)6(3)4;/h3-28H2,1-2H3;5-6H,1-4H3;1H3. The maximum Gasteiger partial charge on any atom is 0.305 e. The molecule has 0 aliphatic carbocycles. The third-order valence-electron chi connectivity index (χ3n) is 7.83. The van der Waals surface area contributed by atoms with Gasteiger partial charge >= 0.3 is 5.97 Å². The molecule has 0 aliphatic heterocycles. The largest absolute Gasteiger partial charge is 0.466 e. The first-order chi connectivity index (χ1) is 18.0. The van der Waals surface area contributed by atoms with E-state index in [4.69, 9.17) is 4.74 Å². The molecule has 0 radical (unpaired) electrons. The first-order valence-electron chi connectivity index (χ1n) is 17.1. The number of unbranched alkanes of at least 4 members (excludes halogenated alkanes) is 22. The fourth-order valence-electron chi connectivity index (χ4n) is 4.31. The molecule has 0 aliphatic rings. The van der Waals surface area contributed by atoms with Gasteiger partial charge in [-0.1, -0.05) is 183 Å². The van der Waals surface area contributed by atoms with E-state index in [0.29, 0.717) is 13.0 Å². The second-order valence-corrected chi connectivity index (χ2v) is 12.2. The normalized spacial score (nSPS) is 10.8. The van der Waals surface area contributed by atoms with Gasteiger partial charge in [-0.15, -0.1) is 0 Å². The van der Waals surface area contributed by atoms with Gasteiger partial charge in [-0.05, 0) is 24.7 Å². The third-order valence-corrected chi connectivity index (χ3v) is 7.83. The number of hydrogen-bond acceptors (Lipinski definition) is 3. The van der Waals surface area contributed by atoms with E-state index in [1.54, 1.807) is 0 Å². The van der Waals surface area contributed by atoms with Gasteiger partial charge in [0.1, 0.15) is 0 Å². The molecule has 0 rings (SSSR count). The molecule has 0 atom stereocenters. The van der Waals surface area contributed by atoms with Crippen LogP contribution in [-0.4, -0.2) is 12.6 Å². The van der Waals surface area contributed by atoms with Gasteiger partial charge in [0.2, 0.25) is 0 Å². The number of hydrogen-bond donors (Lipinski definition) is 1. The van der Waals surface area contributed by atoms with Crippen LogP contribution in [0, 0.1) is 11.8 Å². The van der Waals surface area contributed by atoms with Gasteiger partial charge in [-0.3, -0.25) is 4.79 Å². The molecule has 3 nitrogen and oxygen atoms in total. The third kappa shape index (κ3) is 39.9.